The van der Waals surface area contributed by atoms with Crippen molar-refractivity contribution in [2.24, 2.45) is 7.05 Å². The first-order valence-electron chi connectivity index (χ1n) is 4.31. The third-order valence-electron chi connectivity index (χ3n) is 1.71. The largest absolute Gasteiger partial charge is 0.492 e. The van der Waals surface area contributed by atoms with Gasteiger partial charge >= 0.3 is 5.95 Å². The van der Waals surface area contributed by atoms with Crippen LogP contribution in [0.5, 0.6) is 0 Å². The lowest BCUT2D eigenvalue weighted by molar-refractivity contribution is -0.394. The van der Waals surface area contributed by atoms with Gasteiger partial charge < -0.3 is 10.1 Å². The number of nitro groups is 1. The van der Waals surface area contributed by atoms with Gasteiger partial charge in [-0.3, -0.25) is 0 Å². The molecule has 0 saturated heterocycles. The van der Waals surface area contributed by atoms with Gasteiger partial charge in [-0.1, -0.05) is 6.07 Å². The first kappa shape index (κ1) is 10.6. The van der Waals surface area contributed by atoms with Gasteiger partial charge in [0, 0.05) is 18.3 Å². The van der Waals surface area contributed by atoms with E-state index >= 15 is 0 Å². The lowest BCUT2D eigenvalue weighted by Crippen LogP contribution is -1.94. The zero-order chi connectivity index (χ0) is 11.5. The van der Waals surface area contributed by atoms with Crippen LogP contribution in [0.25, 0.3) is 0 Å². The molecule has 2 rings (SSSR count). The van der Waals surface area contributed by atoms with E-state index in [9.17, 15) is 10.1 Å². The fraction of sp³-hybridized carbons (Fsp3) is 0.125. The molecule has 0 atom stereocenters. The first-order valence-corrected chi connectivity index (χ1v) is 5.13. The molecule has 0 spiro atoms. The topological polar surface area (TPSA) is 86.7 Å². The Kier molecular flexibility index (Phi) is 2.82. The maximum Gasteiger partial charge on any atom is 0.492 e. The van der Waals surface area contributed by atoms with E-state index in [1.54, 1.807) is 25.4 Å². The Labute approximate surface area is 94.7 Å². The lowest BCUT2D eigenvalue weighted by Gasteiger charge is -1.93. The minimum atomic E-state index is -0.623. The molecular formula is C8H7N5O2S. The van der Waals surface area contributed by atoms with Crippen molar-refractivity contribution in [3.63, 3.8) is 0 Å². The van der Waals surface area contributed by atoms with Crippen LogP contribution in [0.4, 0.5) is 5.95 Å². The summed E-state index contributed by atoms with van der Waals surface area (Å²) in [7, 11) is 1.60. The molecule has 2 aromatic rings. The third-order valence-corrected chi connectivity index (χ3v) is 2.70. The molecule has 0 aliphatic heterocycles. The summed E-state index contributed by atoms with van der Waals surface area (Å²) in [5.74, 6) is -0.402. The van der Waals surface area contributed by atoms with Crippen LogP contribution in [0, 0.1) is 10.1 Å². The zero-order valence-electron chi connectivity index (χ0n) is 8.27. The molecule has 0 unspecified atom stereocenters. The molecule has 2 heterocycles. The smallest absolute Gasteiger partial charge is 0.390 e. The molecule has 0 N–H and O–H groups in total. The third kappa shape index (κ3) is 2.16. The van der Waals surface area contributed by atoms with Crippen molar-refractivity contribution in [2.45, 2.75) is 10.2 Å². The summed E-state index contributed by atoms with van der Waals surface area (Å²) in [6, 6.07) is 5.43. The van der Waals surface area contributed by atoms with Gasteiger partial charge in [0.05, 0.1) is 0 Å². The molecule has 0 radical (unpaired) electrons. The Morgan fingerprint density at radius 3 is 2.88 bits per heavy atom. The van der Waals surface area contributed by atoms with Gasteiger partial charge in [-0.25, -0.2) is 4.98 Å². The molecule has 0 fully saturated rings. The molecule has 8 heteroatoms. The van der Waals surface area contributed by atoms with Gasteiger partial charge in [0.15, 0.2) is 0 Å². The van der Waals surface area contributed by atoms with E-state index in [2.05, 4.69) is 15.1 Å². The van der Waals surface area contributed by atoms with Crippen LogP contribution >= 0.6 is 11.8 Å². The highest BCUT2D eigenvalue weighted by Gasteiger charge is 2.20. The van der Waals surface area contributed by atoms with Crippen molar-refractivity contribution >= 4 is 17.7 Å². The Morgan fingerprint density at radius 1 is 1.50 bits per heavy atom. The van der Waals surface area contributed by atoms with E-state index in [0.29, 0.717) is 10.2 Å². The van der Waals surface area contributed by atoms with E-state index in [-0.39, 0.29) is 0 Å². The van der Waals surface area contributed by atoms with Gasteiger partial charge in [0.1, 0.15) is 5.03 Å². The van der Waals surface area contributed by atoms with Crippen molar-refractivity contribution in [3.8, 4) is 0 Å². The minimum absolute atomic E-state index is 0.402. The van der Waals surface area contributed by atoms with Gasteiger partial charge in [-0.05, 0) is 33.8 Å². The van der Waals surface area contributed by atoms with Crippen molar-refractivity contribution in [2.75, 3.05) is 0 Å². The quantitative estimate of drug-likeness (QED) is 0.590. The lowest BCUT2D eigenvalue weighted by atomic mass is 10.5. The Bertz CT molecular complexity index is 512. The number of nitrogens with zero attached hydrogens (tertiary/aromatic N) is 5. The van der Waals surface area contributed by atoms with Gasteiger partial charge in [0.25, 0.3) is 5.16 Å². The molecule has 16 heavy (non-hydrogen) atoms. The molecular weight excluding hydrogens is 230 g/mol. The predicted octanol–water partition coefficient (Wildman–Crippen LogP) is 1.27. The standard InChI is InChI=1S/C8H7N5O2S/c1-12-8(10-7(11-12)13(14)15)16-6-4-2-3-5-9-6/h2-5H,1H3. The summed E-state index contributed by atoms with van der Waals surface area (Å²) in [5.41, 5.74) is 0. The highest BCUT2D eigenvalue weighted by atomic mass is 32.2. The van der Waals surface area contributed by atoms with Crippen LogP contribution < -0.4 is 0 Å². The number of pyridine rings is 1. The monoisotopic (exact) mass is 237 g/mol. The molecule has 82 valence electrons. The maximum atomic E-state index is 10.5. The second-order valence-corrected chi connectivity index (χ2v) is 3.83. The second-order valence-electron chi connectivity index (χ2n) is 2.85. The molecule has 0 aromatic carbocycles. The SMILES string of the molecule is Cn1nc([N+](=O)[O-])nc1Sc1ccccn1. The molecule has 0 aliphatic rings. The summed E-state index contributed by atoms with van der Waals surface area (Å²) in [6.45, 7) is 0. The molecule has 0 bridgehead atoms. The van der Waals surface area contributed by atoms with Crippen LogP contribution in [-0.4, -0.2) is 24.7 Å². The van der Waals surface area contributed by atoms with Crippen LogP contribution in [0.1, 0.15) is 0 Å². The van der Waals surface area contributed by atoms with Crippen molar-refractivity contribution in [1.82, 2.24) is 19.7 Å². The van der Waals surface area contributed by atoms with Crippen LogP contribution in [0.15, 0.2) is 34.6 Å². The van der Waals surface area contributed by atoms with Crippen LogP contribution in [-0.2, 0) is 7.05 Å². The maximum absolute atomic E-state index is 10.5. The molecule has 0 amide bonds. The van der Waals surface area contributed by atoms with Crippen LogP contribution in [0.3, 0.4) is 0 Å². The van der Waals surface area contributed by atoms with Crippen molar-refractivity contribution in [1.29, 1.82) is 0 Å². The molecule has 2 aromatic heterocycles. The van der Waals surface area contributed by atoms with E-state index in [4.69, 9.17) is 0 Å². The highest BCUT2D eigenvalue weighted by Crippen LogP contribution is 2.24. The minimum Gasteiger partial charge on any atom is -0.390 e. The summed E-state index contributed by atoms with van der Waals surface area (Å²) in [5, 5.41) is 15.3. The summed E-state index contributed by atoms with van der Waals surface area (Å²) < 4.78 is 1.36. The number of aryl methyl sites for hydroxylation is 1. The predicted molar refractivity (Wildman–Crippen MR) is 56.0 cm³/mol. The fourth-order valence-corrected chi connectivity index (χ4v) is 1.77. The van der Waals surface area contributed by atoms with Crippen molar-refractivity contribution < 1.29 is 4.92 Å². The summed E-state index contributed by atoms with van der Waals surface area (Å²) in [4.78, 5) is 17.7. The average Bonchev–Trinajstić information content (AvgIpc) is 2.62. The Morgan fingerprint density at radius 2 is 2.31 bits per heavy atom. The Balaban J connectivity index is 2.25. The second kappa shape index (κ2) is 4.27. The van der Waals surface area contributed by atoms with Crippen molar-refractivity contribution in [3.05, 3.63) is 34.5 Å². The number of hydrogen-bond acceptors (Lipinski definition) is 6. The zero-order valence-corrected chi connectivity index (χ0v) is 9.09. The molecule has 0 aliphatic carbocycles. The van der Waals surface area contributed by atoms with Crippen LogP contribution in [0.2, 0.25) is 0 Å². The summed E-state index contributed by atoms with van der Waals surface area (Å²) >= 11 is 1.23. The average molecular weight is 237 g/mol. The number of rotatable bonds is 3. The van der Waals surface area contributed by atoms with Gasteiger partial charge in [-0.2, -0.15) is 4.68 Å². The van der Waals surface area contributed by atoms with E-state index < -0.39 is 10.9 Å². The van der Waals surface area contributed by atoms with Gasteiger partial charge in [0.2, 0.25) is 0 Å². The molecule has 0 saturated carbocycles. The van der Waals surface area contributed by atoms with E-state index in [1.165, 1.54) is 16.4 Å². The normalized spacial score (nSPS) is 10.3. The molecule has 7 nitrogen and oxygen atoms in total. The van der Waals surface area contributed by atoms with E-state index in [0.717, 1.165) is 0 Å². The van der Waals surface area contributed by atoms with Gasteiger partial charge in [-0.15, -0.1) is 0 Å². The summed E-state index contributed by atoms with van der Waals surface area (Å²) in [6.07, 6.45) is 1.65. The first-order chi connectivity index (χ1) is 7.66. The van der Waals surface area contributed by atoms with E-state index in [1.807, 2.05) is 6.07 Å². The highest BCUT2D eigenvalue weighted by molar-refractivity contribution is 7.99. The fourth-order valence-electron chi connectivity index (χ4n) is 1.02. The Hall–Kier alpha value is -1.96. The number of hydrogen-bond donors (Lipinski definition) is 0. The number of aromatic nitrogens is 4.